The zero-order chi connectivity index (χ0) is 22.6. The minimum absolute atomic E-state index is 0.279. The highest BCUT2D eigenvalue weighted by Crippen LogP contribution is 2.68. The van der Waals surface area contributed by atoms with Gasteiger partial charge in [0, 0.05) is 17.2 Å². The fourth-order valence-electron chi connectivity index (χ4n) is 9.66. The van der Waals surface area contributed by atoms with Gasteiger partial charge >= 0.3 is 0 Å². The van der Waals surface area contributed by atoms with Crippen LogP contribution in [0.4, 0.5) is 0 Å². The van der Waals surface area contributed by atoms with Crippen LogP contribution in [0.5, 0.6) is 0 Å². The smallest absolute Gasteiger partial charge is 0.136 e. The topological polar surface area (TPSA) is 17.1 Å². The van der Waals surface area contributed by atoms with Crippen molar-refractivity contribution in [3.05, 3.63) is 0 Å². The SMILES string of the molecule is CC[C@H](CC[C@@H](C)[C@H]1CC[C@H]2[C@@H]3CC(=O)[C@H]4C[C@@H](Br)CC[C@]4(C)[C@H]3CC[C@]12C)C(C)C. The van der Waals surface area contributed by atoms with Crippen LogP contribution in [-0.4, -0.2) is 10.6 Å². The summed E-state index contributed by atoms with van der Waals surface area (Å²) in [5.41, 5.74) is 0.761. The highest BCUT2D eigenvalue weighted by Gasteiger charge is 2.62. The van der Waals surface area contributed by atoms with Crippen LogP contribution < -0.4 is 0 Å². The van der Waals surface area contributed by atoms with E-state index in [1.807, 2.05) is 0 Å². The molecule has 4 rings (SSSR count). The van der Waals surface area contributed by atoms with Crippen molar-refractivity contribution in [3.8, 4) is 0 Å². The maximum Gasteiger partial charge on any atom is 0.136 e. The van der Waals surface area contributed by atoms with E-state index in [-0.39, 0.29) is 5.41 Å². The van der Waals surface area contributed by atoms with Gasteiger partial charge in [-0.25, -0.2) is 0 Å². The number of carbonyl (C=O) groups excluding carboxylic acids is 1. The molecule has 1 nitrogen and oxygen atoms in total. The first-order valence-electron chi connectivity index (χ1n) is 13.8. The average Bonchev–Trinajstić information content (AvgIpc) is 3.07. The van der Waals surface area contributed by atoms with Gasteiger partial charge in [-0.2, -0.15) is 0 Å². The van der Waals surface area contributed by atoms with E-state index >= 15 is 0 Å². The molecule has 0 heterocycles. The molecule has 0 bridgehead atoms. The molecule has 0 spiro atoms. The van der Waals surface area contributed by atoms with E-state index in [9.17, 15) is 4.79 Å². The Morgan fingerprint density at radius 1 is 0.968 bits per heavy atom. The standard InChI is InChI=1S/C29H49BrO/c1-7-20(18(2)3)9-8-19(4)23-10-11-24-22-17-27(31)26-16-21(30)12-14-29(26,6)25(22)13-15-28(23,24)5/h18-26H,7-17H2,1-6H3/t19-,20-,21+,22+,23-,24+,25+,26-,28-,29-/m1/s1. The van der Waals surface area contributed by atoms with Crippen molar-refractivity contribution in [1.82, 2.24) is 0 Å². The quantitative estimate of drug-likeness (QED) is 0.338. The van der Waals surface area contributed by atoms with Gasteiger partial charge in [0.1, 0.15) is 5.78 Å². The van der Waals surface area contributed by atoms with Gasteiger partial charge in [0.2, 0.25) is 0 Å². The van der Waals surface area contributed by atoms with Crippen LogP contribution in [0.2, 0.25) is 0 Å². The lowest BCUT2D eigenvalue weighted by molar-refractivity contribution is -0.154. The summed E-state index contributed by atoms with van der Waals surface area (Å²) >= 11 is 3.85. The number of fused-ring (bicyclic) bond motifs is 5. The number of ketones is 1. The van der Waals surface area contributed by atoms with Crippen molar-refractivity contribution in [2.24, 2.45) is 58.2 Å². The van der Waals surface area contributed by atoms with Crippen molar-refractivity contribution >= 4 is 21.7 Å². The van der Waals surface area contributed by atoms with Crippen molar-refractivity contribution < 1.29 is 4.79 Å². The molecule has 0 saturated heterocycles. The fourth-order valence-corrected chi connectivity index (χ4v) is 10.3. The van der Waals surface area contributed by atoms with Crippen molar-refractivity contribution in [1.29, 1.82) is 0 Å². The summed E-state index contributed by atoms with van der Waals surface area (Å²) in [6, 6.07) is 0. The molecule has 4 fully saturated rings. The van der Waals surface area contributed by atoms with Crippen LogP contribution >= 0.6 is 15.9 Å². The van der Waals surface area contributed by atoms with E-state index in [1.165, 1.54) is 57.8 Å². The summed E-state index contributed by atoms with van der Waals surface area (Å²) < 4.78 is 0. The van der Waals surface area contributed by atoms with Crippen molar-refractivity contribution in [2.75, 3.05) is 0 Å². The molecule has 0 radical (unpaired) electrons. The van der Waals surface area contributed by atoms with E-state index in [2.05, 4.69) is 57.5 Å². The van der Waals surface area contributed by atoms with Crippen LogP contribution in [0, 0.1) is 58.2 Å². The lowest BCUT2D eigenvalue weighted by atomic mass is 9.44. The normalized spacial score (nSPS) is 46.9. The largest absolute Gasteiger partial charge is 0.299 e. The highest BCUT2D eigenvalue weighted by atomic mass is 79.9. The van der Waals surface area contributed by atoms with Crippen molar-refractivity contribution in [2.45, 2.75) is 117 Å². The first-order valence-corrected chi connectivity index (χ1v) is 14.7. The summed E-state index contributed by atoms with van der Waals surface area (Å²) in [4.78, 5) is 14.0. The minimum atomic E-state index is 0.279. The van der Waals surface area contributed by atoms with Gasteiger partial charge in [0.15, 0.2) is 0 Å². The average molecular weight is 494 g/mol. The van der Waals surface area contributed by atoms with E-state index in [4.69, 9.17) is 0 Å². The molecule has 4 aliphatic carbocycles. The molecule has 0 aromatic heterocycles. The molecule has 0 N–H and O–H groups in total. The molecule has 31 heavy (non-hydrogen) atoms. The Labute approximate surface area is 201 Å². The van der Waals surface area contributed by atoms with Gasteiger partial charge in [-0.15, -0.1) is 0 Å². The molecule has 0 unspecified atom stereocenters. The Hall–Kier alpha value is 0.150. The summed E-state index contributed by atoms with van der Waals surface area (Å²) in [7, 11) is 0. The molecule has 0 amide bonds. The Morgan fingerprint density at radius 2 is 1.65 bits per heavy atom. The molecular weight excluding hydrogens is 444 g/mol. The van der Waals surface area contributed by atoms with Gasteiger partial charge < -0.3 is 0 Å². The molecule has 4 saturated carbocycles. The summed E-state index contributed by atoms with van der Waals surface area (Å²) in [5.74, 6) is 6.65. The second-order valence-corrected chi connectivity index (χ2v) is 14.5. The van der Waals surface area contributed by atoms with E-state index in [1.54, 1.807) is 0 Å². The van der Waals surface area contributed by atoms with Crippen molar-refractivity contribution in [3.63, 3.8) is 0 Å². The van der Waals surface area contributed by atoms with E-state index < -0.39 is 0 Å². The fraction of sp³-hybridized carbons (Fsp3) is 0.966. The number of rotatable bonds is 6. The van der Waals surface area contributed by atoms with E-state index in [0.717, 1.165) is 48.3 Å². The second-order valence-electron chi connectivity index (χ2n) is 13.2. The number of Topliss-reactive ketones (excluding diaryl/α,β-unsaturated/α-hetero) is 1. The number of carbonyl (C=O) groups is 1. The van der Waals surface area contributed by atoms with Gasteiger partial charge in [-0.3, -0.25) is 4.79 Å². The molecule has 0 aromatic rings. The molecule has 178 valence electrons. The Kier molecular flexibility index (Phi) is 7.10. The maximum absolute atomic E-state index is 13.4. The Bertz CT molecular complexity index is 657. The summed E-state index contributed by atoms with van der Waals surface area (Å²) in [6.07, 6.45) is 14.3. The number of alkyl halides is 1. The molecule has 2 heteroatoms. The van der Waals surface area contributed by atoms with Crippen LogP contribution in [0.3, 0.4) is 0 Å². The summed E-state index contributed by atoms with van der Waals surface area (Å²) in [6.45, 7) is 14.9. The van der Waals surface area contributed by atoms with Crippen LogP contribution in [0.25, 0.3) is 0 Å². The van der Waals surface area contributed by atoms with Gasteiger partial charge in [0.05, 0.1) is 0 Å². The predicted octanol–water partition coefficient (Wildman–Crippen LogP) is 8.69. The zero-order valence-electron chi connectivity index (χ0n) is 21.3. The van der Waals surface area contributed by atoms with Crippen LogP contribution in [0.1, 0.15) is 112 Å². The van der Waals surface area contributed by atoms with E-state index in [0.29, 0.717) is 27.9 Å². The summed E-state index contributed by atoms with van der Waals surface area (Å²) in [5, 5.41) is 0. The Morgan fingerprint density at radius 3 is 2.32 bits per heavy atom. The monoisotopic (exact) mass is 492 g/mol. The van der Waals surface area contributed by atoms with Gasteiger partial charge in [-0.1, -0.05) is 70.3 Å². The van der Waals surface area contributed by atoms with Crippen LogP contribution in [-0.2, 0) is 4.79 Å². The lowest BCUT2D eigenvalue weighted by Gasteiger charge is -2.60. The number of hydrogen-bond donors (Lipinski definition) is 0. The number of halogens is 1. The third kappa shape index (κ3) is 4.12. The van der Waals surface area contributed by atoms with Gasteiger partial charge in [-0.05, 0) is 104 Å². The highest BCUT2D eigenvalue weighted by molar-refractivity contribution is 9.09. The lowest BCUT2D eigenvalue weighted by Crippen LogP contribution is -2.56. The Balaban J connectivity index is 1.49. The minimum Gasteiger partial charge on any atom is -0.299 e. The molecular formula is C29H49BrO. The molecule has 0 aromatic carbocycles. The molecule has 10 atom stereocenters. The second kappa shape index (κ2) is 9.07. The van der Waals surface area contributed by atoms with Gasteiger partial charge in [0.25, 0.3) is 0 Å². The van der Waals surface area contributed by atoms with Crippen LogP contribution in [0.15, 0.2) is 0 Å². The zero-order valence-corrected chi connectivity index (χ0v) is 22.8. The maximum atomic E-state index is 13.4. The molecule has 4 aliphatic rings. The third-order valence-electron chi connectivity index (χ3n) is 11.6. The third-order valence-corrected chi connectivity index (χ3v) is 12.4. The molecule has 0 aliphatic heterocycles. The first kappa shape index (κ1) is 24.3. The number of hydrogen-bond acceptors (Lipinski definition) is 1. The predicted molar refractivity (Wildman–Crippen MR) is 135 cm³/mol. The first-order chi connectivity index (χ1) is 14.6.